The predicted octanol–water partition coefficient (Wildman–Crippen LogP) is 1.52. The Morgan fingerprint density at radius 3 is 2.43 bits per heavy atom. The zero-order valence-electron chi connectivity index (χ0n) is 12.6. The third-order valence-corrected chi connectivity index (χ3v) is 3.90. The number of piperazine rings is 1. The molecule has 21 heavy (non-hydrogen) atoms. The van der Waals surface area contributed by atoms with E-state index >= 15 is 0 Å². The van der Waals surface area contributed by atoms with E-state index in [0.717, 1.165) is 31.9 Å². The van der Waals surface area contributed by atoms with E-state index in [-0.39, 0.29) is 5.84 Å². The van der Waals surface area contributed by atoms with Crippen LogP contribution in [0.4, 0.5) is 5.69 Å². The number of nitrogens with two attached hydrogens (primary N) is 1. The van der Waals surface area contributed by atoms with Crippen LogP contribution in [0.25, 0.3) is 0 Å². The first-order chi connectivity index (χ1) is 9.76. The van der Waals surface area contributed by atoms with E-state index in [1.165, 1.54) is 0 Å². The lowest BCUT2D eigenvalue weighted by atomic mass is 10.1. The maximum atomic E-state index is 9.87. The van der Waals surface area contributed by atoms with Gasteiger partial charge >= 0.3 is 0 Å². The van der Waals surface area contributed by atoms with E-state index in [0.29, 0.717) is 17.1 Å². The molecule has 0 amide bonds. The highest BCUT2D eigenvalue weighted by Crippen LogP contribution is 2.24. The number of nitrogens with one attached hydrogen (secondary N) is 1. The Bertz CT molecular complexity index is 519. The molecular formula is C15H23ClN4O. The summed E-state index contributed by atoms with van der Waals surface area (Å²) < 4.78 is 0. The van der Waals surface area contributed by atoms with Gasteiger partial charge in [0.2, 0.25) is 0 Å². The fraction of sp³-hybridized carbons (Fsp3) is 0.533. The quantitative estimate of drug-likeness (QED) is 0.582. The molecular weight excluding hydrogens is 288 g/mol. The van der Waals surface area contributed by atoms with Gasteiger partial charge in [-0.3, -0.25) is 10.3 Å². The minimum absolute atomic E-state index is 0.0125. The van der Waals surface area contributed by atoms with Gasteiger partial charge in [-0.1, -0.05) is 11.6 Å². The molecule has 2 rings (SSSR count). The molecule has 0 saturated carbocycles. The Morgan fingerprint density at radius 1 is 1.33 bits per heavy atom. The van der Waals surface area contributed by atoms with Crippen molar-refractivity contribution in [3.63, 3.8) is 0 Å². The van der Waals surface area contributed by atoms with Gasteiger partial charge in [0.05, 0.1) is 10.6 Å². The molecule has 1 fully saturated rings. The summed E-state index contributed by atoms with van der Waals surface area (Å²) in [5, 5.41) is 17.8. The second kappa shape index (κ2) is 6.22. The number of aliphatic hydroxyl groups is 1. The summed E-state index contributed by atoms with van der Waals surface area (Å²) in [6.45, 7) is 7.97. The van der Waals surface area contributed by atoms with Crippen LogP contribution in [0.15, 0.2) is 18.2 Å². The van der Waals surface area contributed by atoms with Crippen molar-refractivity contribution in [2.75, 3.05) is 37.6 Å². The van der Waals surface area contributed by atoms with Gasteiger partial charge in [0, 0.05) is 44.0 Å². The standard InChI is InChI=1S/C15H23ClN4O/c1-15(2,21)10-19-5-7-20(8-6-19)11-3-4-12(14(17)18)13(16)9-11/h3-4,9,21H,5-8,10H2,1-2H3,(H3,17,18). The van der Waals surface area contributed by atoms with Gasteiger partial charge in [0.1, 0.15) is 5.84 Å². The molecule has 1 aromatic rings. The molecule has 0 aromatic heterocycles. The molecule has 6 heteroatoms. The lowest BCUT2D eigenvalue weighted by Gasteiger charge is -2.38. The normalized spacial score (nSPS) is 17.0. The van der Waals surface area contributed by atoms with Crippen LogP contribution in [0.1, 0.15) is 19.4 Å². The first-order valence-corrected chi connectivity index (χ1v) is 7.48. The first kappa shape index (κ1) is 16.1. The zero-order chi connectivity index (χ0) is 15.6. The van der Waals surface area contributed by atoms with Crippen LogP contribution in [-0.4, -0.2) is 54.2 Å². The molecule has 0 bridgehead atoms. The highest BCUT2D eigenvalue weighted by atomic mass is 35.5. The maximum Gasteiger partial charge on any atom is 0.124 e. The molecule has 0 radical (unpaired) electrons. The Labute approximate surface area is 130 Å². The number of anilines is 1. The monoisotopic (exact) mass is 310 g/mol. The van der Waals surface area contributed by atoms with E-state index in [9.17, 15) is 5.11 Å². The number of nitrogens with zero attached hydrogens (tertiary/aromatic N) is 2. The largest absolute Gasteiger partial charge is 0.389 e. The highest BCUT2D eigenvalue weighted by Gasteiger charge is 2.23. The van der Waals surface area contributed by atoms with Crippen molar-refractivity contribution < 1.29 is 5.11 Å². The summed E-state index contributed by atoms with van der Waals surface area (Å²) >= 11 is 6.17. The lowest BCUT2D eigenvalue weighted by Crippen LogP contribution is -2.50. The van der Waals surface area contributed by atoms with Gasteiger partial charge in [-0.15, -0.1) is 0 Å². The number of nitrogen functional groups attached to an aromatic ring is 1. The van der Waals surface area contributed by atoms with Crippen LogP contribution in [0, 0.1) is 5.41 Å². The number of rotatable bonds is 4. The number of hydrogen-bond acceptors (Lipinski definition) is 4. The number of hydrogen-bond donors (Lipinski definition) is 3. The molecule has 1 heterocycles. The molecule has 1 aliphatic heterocycles. The molecule has 116 valence electrons. The van der Waals surface area contributed by atoms with Gasteiger partial charge < -0.3 is 15.7 Å². The second-order valence-corrected chi connectivity index (χ2v) is 6.56. The van der Waals surface area contributed by atoms with Crippen LogP contribution in [0.2, 0.25) is 5.02 Å². The van der Waals surface area contributed by atoms with Gasteiger partial charge in [-0.25, -0.2) is 0 Å². The van der Waals surface area contributed by atoms with Crippen LogP contribution in [-0.2, 0) is 0 Å². The van der Waals surface area contributed by atoms with Crippen molar-refractivity contribution in [1.29, 1.82) is 5.41 Å². The Kier molecular flexibility index (Phi) is 4.76. The van der Waals surface area contributed by atoms with Gasteiger partial charge in [-0.2, -0.15) is 0 Å². The van der Waals surface area contributed by atoms with Crippen molar-refractivity contribution in [1.82, 2.24) is 4.90 Å². The van der Waals surface area contributed by atoms with Crippen LogP contribution in [0.5, 0.6) is 0 Å². The molecule has 4 N–H and O–H groups in total. The number of benzene rings is 1. The van der Waals surface area contributed by atoms with E-state index in [1.807, 2.05) is 26.0 Å². The van der Waals surface area contributed by atoms with Gasteiger partial charge in [0.25, 0.3) is 0 Å². The zero-order valence-corrected chi connectivity index (χ0v) is 13.3. The highest BCUT2D eigenvalue weighted by molar-refractivity contribution is 6.34. The van der Waals surface area contributed by atoms with Crippen molar-refractivity contribution in [2.45, 2.75) is 19.4 Å². The Morgan fingerprint density at radius 2 is 1.95 bits per heavy atom. The summed E-state index contributed by atoms with van der Waals surface area (Å²) in [5.74, 6) is -0.0125. The van der Waals surface area contributed by atoms with E-state index in [4.69, 9.17) is 22.7 Å². The van der Waals surface area contributed by atoms with Crippen LogP contribution < -0.4 is 10.6 Å². The minimum Gasteiger partial charge on any atom is -0.389 e. The minimum atomic E-state index is -0.658. The van der Waals surface area contributed by atoms with Gasteiger partial charge in [0.15, 0.2) is 0 Å². The molecule has 0 atom stereocenters. The fourth-order valence-electron chi connectivity index (χ4n) is 2.63. The molecule has 0 unspecified atom stereocenters. The summed E-state index contributed by atoms with van der Waals surface area (Å²) in [6, 6.07) is 5.61. The third-order valence-electron chi connectivity index (χ3n) is 3.59. The van der Waals surface area contributed by atoms with Crippen molar-refractivity contribution >= 4 is 23.1 Å². The molecule has 5 nitrogen and oxygen atoms in total. The summed E-state index contributed by atoms with van der Waals surface area (Å²) in [4.78, 5) is 4.53. The summed E-state index contributed by atoms with van der Waals surface area (Å²) in [5.41, 5.74) is 6.44. The van der Waals surface area contributed by atoms with E-state index in [2.05, 4.69) is 9.80 Å². The van der Waals surface area contributed by atoms with E-state index < -0.39 is 5.60 Å². The maximum absolute atomic E-state index is 9.87. The second-order valence-electron chi connectivity index (χ2n) is 6.15. The number of β-amino-alcohol motifs (C(OH)–C–C–N with tert-alkyl or cyclic N) is 1. The number of halogens is 1. The Balaban J connectivity index is 1.99. The predicted molar refractivity (Wildman–Crippen MR) is 87.4 cm³/mol. The fourth-order valence-corrected chi connectivity index (χ4v) is 2.91. The van der Waals surface area contributed by atoms with Crippen molar-refractivity contribution in [3.05, 3.63) is 28.8 Å². The van der Waals surface area contributed by atoms with Crippen molar-refractivity contribution in [3.8, 4) is 0 Å². The smallest absolute Gasteiger partial charge is 0.124 e. The van der Waals surface area contributed by atoms with Gasteiger partial charge in [-0.05, 0) is 32.0 Å². The van der Waals surface area contributed by atoms with Crippen LogP contribution in [0.3, 0.4) is 0 Å². The average Bonchev–Trinajstić information content (AvgIpc) is 2.37. The lowest BCUT2D eigenvalue weighted by molar-refractivity contribution is 0.0345. The summed E-state index contributed by atoms with van der Waals surface area (Å²) in [6.07, 6.45) is 0. The number of amidine groups is 1. The molecule has 0 spiro atoms. The molecule has 1 aromatic carbocycles. The average molecular weight is 311 g/mol. The van der Waals surface area contributed by atoms with E-state index in [1.54, 1.807) is 6.07 Å². The molecule has 0 aliphatic carbocycles. The molecule has 1 aliphatic rings. The SMILES string of the molecule is CC(C)(O)CN1CCN(c2ccc(C(=N)N)c(Cl)c2)CC1. The summed E-state index contributed by atoms with van der Waals surface area (Å²) in [7, 11) is 0. The van der Waals surface area contributed by atoms with Crippen molar-refractivity contribution in [2.24, 2.45) is 5.73 Å². The topological polar surface area (TPSA) is 76.6 Å². The first-order valence-electron chi connectivity index (χ1n) is 7.10. The van der Waals surface area contributed by atoms with Crippen LogP contribution >= 0.6 is 11.6 Å². The third kappa shape index (κ3) is 4.33. The Hall–Kier alpha value is -1.30. The molecule has 1 saturated heterocycles.